The van der Waals surface area contributed by atoms with Crippen LogP contribution in [0.1, 0.15) is 20.3 Å². The predicted molar refractivity (Wildman–Crippen MR) is 82.1 cm³/mol. The van der Waals surface area contributed by atoms with Crippen LogP contribution in [0.4, 0.5) is 0 Å². The van der Waals surface area contributed by atoms with Crippen molar-refractivity contribution in [1.82, 2.24) is 20.4 Å². The van der Waals surface area contributed by atoms with E-state index in [0.717, 1.165) is 26.1 Å². The molecular weight excluding hydrogens is 280 g/mol. The molecule has 1 rings (SSSR count). The average Bonchev–Trinajstić information content (AvgIpc) is 2.38. The van der Waals surface area contributed by atoms with Gasteiger partial charge in [0.15, 0.2) is 0 Å². The van der Waals surface area contributed by atoms with Gasteiger partial charge in [-0.25, -0.2) is 0 Å². The fraction of sp³-hybridized carbons (Fsp3) is 0.846. The number of carbonyl (C=O) groups is 2. The highest BCUT2D eigenvalue weighted by molar-refractivity contribution is 5.85. The van der Waals surface area contributed by atoms with Crippen LogP contribution in [0.25, 0.3) is 0 Å². The number of nitrogens with one attached hydrogen (secondary N) is 2. The topological polar surface area (TPSA) is 64.7 Å². The summed E-state index contributed by atoms with van der Waals surface area (Å²) < 4.78 is 0. The van der Waals surface area contributed by atoms with Gasteiger partial charge in [-0.15, -0.1) is 12.4 Å². The Hall–Kier alpha value is -0.850. The van der Waals surface area contributed by atoms with E-state index < -0.39 is 0 Å². The Morgan fingerprint density at radius 1 is 1.45 bits per heavy atom. The molecule has 20 heavy (non-hydrogen) atoms. The molecule has 1 saturated heterocycles. The molecule has 2 N–H and O–H groups in total. The molecule has 1 aliphatic heterocycles. The van der Waals surface area contributed by atoms with Crippen molar-refractivity contribution in [2.75, 3.05) is 46.3 Å². The van der Waals surface area contributed by atoms with Crippen LogP contribution >= 0.6 is 12.4 Å². The Morgan fingerprint density at radius 3 is 2.75 bits per heavy atom. The molecule has 0 aliphatic carbocycles. The fourth-order valence-electron chi connectivity index (χ4n) is 2.04. The maximum absolute atomic E-state index is 12.0. The molecule has 0 aromatic rings. The highest BCUT2D eigenvalue weighted by Gasteiger charge is 2.22. The molecule has 0 spiro atoms. The monoisotopic (exact) mass is 306 g/mol. The summed E-state index contributed by atoms with van der Waals surface area (Å²) in [7, 11) is 1.68. The van der Waals surface area contributed by atoms with Crippen molar-refractivity contribution in [3.05, 3.63) is 0 Å². The van der Waals surface area contributed by atoms with Gasteiger partial charge in [-0.05, 0) is 13.3 Å². The summed E-state index contributed by atoms with van der Waals surface area (Å²) in [5, 5.41) is 6.07. The molecule has 0 saturated carbocycles. The zero-order valence-electron chi connectivity index (χ0n) is 12.6. The summed E-state index contributed by atoms with van der Waals surface area (Å²) in [6, 6.07) is 0.361. The van der Waals surface area contributed by atoms with Crippen molar-refractivity contribution in [1.29, 1.82) is 0 Å². The third kappa shape index (κ3) is 6.54. The summed E-state index contributed by atoms with van der Waals surface area (Å²) in [6.45, 7) is 8.00. The van der Waals surface area contributed by atoms with Crippen molar-refractivity contribution in [2.45, 2.75) is 26.3 Å². The van der Waals surface area contributed by atoms with Crippen LogP contribution in [-0.2, 0) is 9.59 Å². The Morgan fingerprint density at radius 2 is 2.15 bits per heavy atom. The second kappa shape index (κ2) is 9.96. The van der Waals surface area contributed by atoms with Crippen LogP contribution in [0, 0.1) is 0 Å². The Bertz CT molecular complexity index is 315. The first-order chi connectivity index (χ1) is 9.04. The van der Waals surface area contributed by atoms with Crippen LogP contribution in [-0.4, -0.2) is 74.0 Å². The number of amides is 2. The first-order valence-electron chi connectivity index (χ1n) is 7.00. The van der Waals surface area contributed by atoms with E-state index in [1.165, 1.54) is 4.90 Å². The van der Waals surface area contributed by atoms with Crippen LogP contribution in [0.2, 0.25) is 0 Å². The lowest BCUT2D eigenvalue weighted by Crippen LogP contribution is -2.53. The summed E-state index contributed by atoms with van der Waals surface area (Å²) in [5.74, 6) is -0.0912. The van der Waals surface area contributed by atoms with Crippen molar-refractivity contribution in [2.24, 2.45) is 0 Å². The van der Waals surface area contributed by atoms with Gasteiger partial charge in [-0.1, -0.05) is 6.92 Å². The molecule has 0 bridgehead atoms. The third-order valence-corrected chi connectivity index (χ3v) is 3.36. The molecule has 0 aromatic carbocycles. The molecule has 1 fully saturated rings. The van der Waals surface area contributed by atoms with Gasteiger partial charge < -0.3 is 15.5 Å². The highest BCUT2D eigenvalue weighted by atomic mass is 35.5. The summed E-state index contributed by atoms with van der Waals surface area (Å²) in [5.41, 5.74) is 0. The number of carbonyl (C=O) groups excluding carboxylic acids is 2. The van der Waals surface area contributed by atoms with E-state index >= 15 is 0 Å². The van der Waals surface area contributed by atoms with Crippen molar-refractivity contribution in [3.63, 3.8) is 0 Å². The Balaban J connectivity index is 0.00000361. The van der Waals surface area contributed by atoms with E-state index in [2.05, 4.69) is 22.5 Å². The predicted octanol–water partition coefficient (Wildman–Crippen LogP) is -0.313. The van der Waals surface area contributed by atoms with Gasteiger partial charge in [0.25, 0.3) is 0 Å². The molecule has 7 heteroatoms. The van der Waals surface area contributed by atoms with E-state index in [-0.39, 0.29) is 30.8 Å². The quantitative estimate of drug-likeness (QED) is 0.706. The molecule has 118 valence electrons. The second-order valence-electron chi connectivity index (χ2n) is 5.12. The number of halogens is 1. The first kappa shape index (κ1) is 19.1. The molecule has 6 nitrogen and oxygen atoms in total. The average molecular weight is 307 g/mol. The van der Waals surface area contributed by atoms with Gasteiger partial charge in [0, 0.05) is 39.3 Å². The van der Waals surface area contributed by atoms with Crippen LogP contribution in [0.3, 0.4) is 0 Å². The third-order valence-electron chi connectivity index (χ3n) is 3.36. The second-order valence-corrected chi connectivity index (χ2v) is 5.12. The minimum Gasteiger partial charge on any atom is -0.355 e. The van der Waals surface area contributed by atoms with Crippen molar-refractivity contribution >= 4 is 24.2 Å². The lowest BCUT2D eigenvalue weighted by Gasteiger charge is -2.34. The lowest BCUT2D eigenvalue weighted by atomic mass is 10.2. The van der Waals surface area contributed by atoms with Crippen LogP contribution in [0.15, 0.2) is 0 Å². The lowest BCUT2D eigenvalue weighted by molar-refractivity contribution is -0.136. The number of rotatable bonds is 6. The van der Waals surface area contributed by atoms with E-state index in [1.54, 1.807) is 7.05 Å². The standard InChI is InChI=1S/C13H26N4O2.ClH/c1-4-5-15-12(18)9-16(3)13(19)10-17-7-6-14-8-11(17)2;/h11,14H,4-10H2,1-3H3,(H,15,18);1H/t11-;/m0./s1. The van der Waals surface area contributed by atoms with Gasteiger partial charge >= 0.3 is 0 Å². The zero-order valence-corrected chi connectivity index (χ0v) is 13.5. The number of hydrogen-bond acceptors (Lipinski definition) is 4. The summed E-state index contributed by atoms with van der Waals surface area (Å²) in [4.78, 5) is 27.2. The molecular formula is C13H27ClN4O2. The molecule has 1 heterocycles. The molecule has 2 amide bonds. The minimum atomic E-state index is -0.0916. The first-order valence-corrected chi connectivity index (χ1v) is 7.00. The highest BCUT2D eigenvalue weighted by Crippen LogP contribution is 2.02. The maximum Gasteiger partial charge on any atom is 0.239 e. The van der Waals surface area contributed by atoms with E-state index in [0.29, 0.717) is 19.1 Å². The van der Waals surface area contributed by atoms with Gasteiger partial charge in [0.1, 0.15) is 0 Å². The number of likely N-dealkylation sites (N-methyl/N-ethyl adjacent to an activating group) is 1. The molecule has 0 radical (unpaired) electrons. The molecule has 0 unspecified atom stereocenters. The minimum absolute atomic E-state index is 0. The van der Waals surface area contributed by atoms with Crippen LogP contribution in [0.5, 0.6) is 0 Å². The van der Waals surface area contributed by atoms with Crippen LogP contribution < -0.4 is 10.6 Å². The summed E-state index contributed by atoms with van der Waals surface area (Å²) in [6.07, 6.45) is 0.904. The fourth-order valence-corrected chi connectivity index (χ4v) is 2.04. The van der Waals surface area contributed by atoms with Gasteiger partial charge in [-0.2, -0.15) is 0 Å². The van der Waals surface area contributed by atoms with Crippen molar-refractivity contribution in [3.8, 4) is 0 Å². The largest absolute Gasteiger partial charge is 0.355 e. The van der Waals surface area contributed by atoms with E-state index in [1.807, 2.05) is 6.92 Å². The summed E-state index contributed by atoms with van der Waals surface area (Å²) >= 11 is 0. The maximum atomic E-state index is 12.0. The van der Waals surface area contributed by atoms with Crippen molar-refractivity contribution < 1.29 is 9.59 Å². The number of hydrogen-bond donors (Lipinski definition) is 2. The normalized spacial score (nSPS) is 19.1. The van der Waals surface area contributed by atoms with E-state index in [9.17, 15) is 9.59 Å². The van der Waals surface area contributed by atoms with Gasteiger partial charge in [-0.3, -0.25) is 14.5 Å². The Labute approximate surface area is 127 Å². The number of piperazine rings is 1. The SMILES string of the molecule is CCCNC(=O)CN(C)C(=O)CN1CCNC[C@@H]1C.Cl. The number of nitrogens with zero attached hydrogens (tertiary/aromatic N) is 2. The molecule has 1 aliphatic rings. The van der Waals surface area contributed by atoms with Gasteiger partial charge in [0.2, 0.25) is 11.8 Å². The van der Waals surface area contributed by atoms with E-state index in [4.69, 9.17) is 0 Å². The smallest absolute Gasteiger partial charge is 0.239 e. The molecule has 1 atom stereocenters. The zero-order chi connectivity index (χ0) is 14.3. The Kier molecular flexibility index (Phi) is 9.54. The van der Waals surface area contributed by atoms with Gasteiger partial charge in [0.05, 0.1) is 13.1 Å². The molecule has 0 aromatic heterocycles.